The maximum absolute atomic E-state index is 12.9. The summed E-state index contributed by atoms with van der Waals surface area (Å²) in [5.41, 5.74) is 3.03. The van der Waals surface area contributed by atoms with Gasteiger partial charge in [-0.2, -0.15) is 5.10 Å². The molecular weight excluding hydrogens is 576 g/mol. The van der Waals surface area contributed by atoms with Crippen molar-refractivity contribution in [2.45, 2.75) is 38.1 Å². The molecule has 1 fully saturated rings. The van der Waals surface area contributed by atoms with E-state index >= 15 is 0 Å². The molecule has 1 aliphatic carbocycles. The van der Waals surface area contributed by atoms with Crippen molar-refractivity contribution in [1.29, 1.82) is 0 Å². The first-order valence-corrected chi connectivity index (χ1v) is 14.6. The predicted octanol–water partition coefficient (Wildman–Crippen LogP) is 5.93. The van der Waals surface area contributed by atoms with Crippen molar-refractivity contribution in [3.63, 3.8) is 0 Å². The van der Waals surface area contributed by atoms with E-state index < -0.39 is 17.8 Å². The number of amides is 3. The van der Waals surface area contributed by atoms with Gasteiger partial charge in [-0.25, -0.2) is 10.2 Å². The lowest BCUT2D eigenvalue weighted by Crippen LogP contribution is -2.37. The van der Waals surface area contributed by atoms with Gasteiger partial charge < -0.3 is 15.4 Å². The molecule has 3 amide bonds. The number of hydrogen-bond donors (Lipinski definition) is 3. The molecule has 0 spiro atoms. The number of fused-ring (bicyclic) bond motifs is 1. The largest absolute Gasteiger partial charge is 0.422 e. The summed E-state index contributed by atoms with van der Waals surface area (Å²) in [4.78, 5) is 51.1. The average molecular weight is 603 g/mol. The molecule has 1 heterocycles. The number of nitrogens with zero attached hydrogens (tertiary/aromatic N) is 1. The van der Waals surface area contributed by atoms with Gasteiger partial charge in [-0.3, -0.25) is 14.4 Å². The molecule has 1 aliphatic rings. The van der Waals surface area contributed by atoms with E-state index in [1.54, 1.807) is 48.5 Å². The zero-order chi connectivity index (χ0) is 29.5. The molecule has 9 nitrogen and oxygen atoms in total. The summed E-state index contributed by atoms with van der Waals surface area (Å²) in [6.45, 7) is 0. The SMILES string of the molecule is O=C(N/N=C/c1ccccc1OC(=O)c1sc2ccccc2c1Cl)C(=O)Nc1ccccc1C(=O)NC1CCCCC1. The van der Waals surface area contributed by atoms with Gasteiger partial charge in [0.05, 0.1) is 22.5 Å². The van der Waals surface area contributed by atoms with Gasteiger partial charge in [0.15, 0.2) is 0 Å². The standard InChI is InChI=1S/C31H27ClN4O5S/c32-26-22-14-6-9-17-25(22)42-27(26)31(40)41-24-16-8-4-10-19(24)18-33-36-30(39)29(38)35-23-15-7-5-13-21(23)28(37)34-20-11-2-1-3-12-20/h4-10,13-18,20H,1-3,11-12H2,(H,34,37)(H,35,38)(H,36,39)/b33-18+. The number of esters is 1. The smallest absolute Gasteiger partial charge is 0.355 e. The van der Waals surface area contributed by atoms with Gasteiger partial charge in [-0.15, -0.1) is 11.3 Å². The molecule has 1 aromatic heterocycles. The van der Waals surface area contributed by atoms with Crippen molar-refractivity contribution in [2.24, 2.45) is 5.10 Å². The highest BCUT2D eigenvalue weighted by Crippen LogP contribution is 2.36. The van der Waals surface area contributed by atoms with Crippen LogP contribution in [0.5, 0.6) is 5.75 Å². The number of carbonyl (C=O) groups excluding carboxylic acids is 4. The topological polar surface area (TPSA) is 126 Å². The molecule has 0 unspecified atom stereocenters. The van der Waals surface area contributed by atoms with Crippen LogP contribution in [0, 0.1) is 0 Å². The number of nitrogens with one attached hydrogen (secondary N) is 3. The minimum Gasteiger partial charge on any atom is -0.422 e. The van der Waals surface area contributed by atoms with Crippen molar-refractivity contribution >= 4 is 68.6 Å². The van der Waals surface area contributed by atoms with Crippen molar-refractivity contribution in [1.82, 2.24) is 10.7 Å². The summed E-state index contributed by atoms with van der Waals surface area (Å²) >= 11 is 7.64. The molecule has 5 rings (SSSR count). The number of anilines is 1. The van der Waals surface area contributed by atoms with Gasteiger partial charge in [0.25, 0.3) is 5.91 Å². The second-order valence-corrected chi connectivity index (χ2v) is 11.1. The fraction of sp³-hybridized carbons (Fsp3) is 0.194. The maximum Gasteiger partial charge on any atom is 0.355 e. The number of hydrogen-bond acceptors (Lipinski definition) is 7. The first-order valence-electron chi connectivity index (χ1n) is 13.4. The number of carbonyl (C=O) groups is 4. The quantitative estimate of drug-likeness (QED) is 0.0795. The predicted molar refractivity (Wildman–Crippen MR) is 163 cm³/mol. The Morgan fingerprint density at radius 2 is 1.60 bits per heavy atom. The molecule has 0 bridgehead atoms. The average Bonchev–Trinajstić information content (AvgIpc) is 3.35. The molecule has 4 aromatic rings. The van der Waals surface area contributed by atoms with Gasteiger partial charge in [0.2, 0.25) is 0 Å². The first-order chi connectivity index (χ1) is 20.4. The van der Waals surface area contributed by atoms with Crippen molar-refractivity contribution in [3.05, 3.63) is 93.8 Å². The third kappa shape index (κ3) is 6.84. The van der Waals surface area contributed by atoms with Crippen LogP contribution in [-0.4, -0.2) is 35.9 Å². The van der Waals surface area contributed by atoms with Crippen LogP contribution in [0.15, 0.2) is 77.9 Å². The Kier molecular flexibility index (Phi) is 9.25. The monoisotopic (exact) mass is 602 g/mol. The van der Waals surface area contributed by atoms with E-state index in [4.69, 9.17) is 16.3 Å². The molecule has 0 aliphatic heterocycles. The van der Waals surface area contributed by atoms with E-state index in [1.807, 2.05) is 24.3 Å². The summed E-state index contributed by atoms with van der Waals surface area (Å²) in [6, 6.07) is 20.6. The van der Waals surface area contributed by atoms with E-state index in [2.05, 4.69) is 21.2 Å². The Bertz CT molecular complexity index is 1680. The highest BCUT2D eigenvalue weighted by Gasteiger charge is 2.22. The molecule has 42 heavy (non-hydrogen) atoms. The van der Waals surface area contributed by atoms with Crippen LogP contribution in [-0.2, 0) is 9.59 Å². The van der Waals surface area contributed by atoms with Gasteiger partial charge in [0, 0.05) is 21.7 Å². The van der Waals surface area contributed by atoms with Crippen LogP contribution < -0.4 is 20.8 Å². The first kappa shape index (κ1) is 29.0. The molecular formula is C31H27ClN4O5S. The molecule has 1 saturated carbocycles. The third-order valence-corrected chi connectivity index (χ3v) is 8.43. The lowest BCUT2D eigenvalue weighted by molar-refractivity contribution is -0.136. The van der Waals surface area contributed by atoms with Gasteiger partial charge in [0.1, 0.15) is 10.6 Å². The zero-order valence-electron chi connectivity index (χ0n) is 22.4. The summed E-state index contributed by atoms with van der Waals surface area (Å²) in [6.07, 6.45) is 6.39. The summed E-state index contributed by atoms with van der Waals surface area (Å²) in [5, 5.41) is 10.4. The Hall–Kier alpha value is -4.54. The fourth-order valence-electron chi connectivity index (χ4n) is 4.66. The summed E-state index contributed by atoms with van der Waals surface area (Å²) < 4.78 is 6.44. The van der Waals surface area contributed by atoms with Crippen molar-refractivity contribution < 1.29 is 23.9 Å². The van der Waals surface area contributed by atoms with Crippen LogP contribution in [0.4, 0.5) is 5.69 Å². The van der Waals surface area contributed by atoms with Gasteiger partial charge >= 0.3 is 17.8 Å². The second-order valence-electron chi connectivity index (χ2n) is 9.68. The number of benzene rings is 3. The molecule has 3 N–H and O–H groups in total. The van der Waals surface area contributed by atoms with Crippen molar-refractivity contribution in [3.8, 4) is 5.75 Å². The van der Waals surface area contributed by atoms with Crippen LogP contribution in [0.25, 0.3) is 10.1 Å². The zero-order valence-corrected chi connectivity index (χ0v) is 24.0. The number of hydrazone groups is 1. The number of halogens is 1. The van der Waals surface area contributed by atoms with Crippen LogP contribution in [0.2, 0.25) is 5.02 Å². The summed E-state index contributed by atoms with van der Waals surface area (Å²) in [5.74, 6) is -2.78. The highest BCUT2D eigenvalue weighted by molar-refractivity contribution is 7.21. The van der Waals surface area contributed by atoms with E-state index in [9.17, 15) is 19.2 Å². The Morgan fingerprint density at radius 1 is 0.881 bits per heavy atom. The van der Waals surface area contributed by atoms with Gasteiger partial charge in [-0.05, 0) is 43.2 Å². The minimum absolute atomic E-state index is 0.0942. The Morgan fingerprint density at radius 3 is 2.40 bits per heavy atom. The molecule has 11 heteroatoms. The number of rotatable bonds is 7. The lowest BCUT2D eigenvalue weighted by atomic mass is 9.95. The van der Waals surface area contributed by atoms with Crippen LogP contribution >= 0.6 is 22.9 Å². The van der Waals surface area contributed by atoms with Crippen LogP contribution in [0.3, 0.4) is 0 Å². The van der Waals surface area contributed by atoms with E-state index in [0.29, 0.717) is 10.6 Å². The minimum atomic E-state index is -1.04. The second kappa shape index (κ2) is 13.4. The molecule has 214 valence electrons. The Labute approximate surface area is 250 Å². The van der Waals surface area contributed by atoms with Crippen molar-refractivity contribution in [2.75, 3.05) is 5.32 Å². The Balaban J connectivity index is 1.20. The maximum atomic E-state index is 12.9. The molecule has 3 aromatic carbocycles. The highest BCUT2D eigenvalue weighted by atomic mass is 35.5. The van der Waals surface area contributed by atoms with E-state index in [0.717, 1.165) is 42.2 Å². The number of thiophene rings is 1. The third-order valence-electron chi connectivity index (χ3n) is 6.78. The lowest BCUT2D eigenvalue weighted by Gasteiger charge is -2.23. The van der Waals surface area contributed by atoms with E-state index in [-0.39, 0.29) is 33.8 Å². The number of para-hydroxylation sites is 2. The van der Waals surface area contributed by atoms with Crippen LogP contribution in [0.1, 0.15) is 57.7 Å². The van der Waals surface area contributed by atoms with Gasteiger partial charge in [-0.1, -0.05) is 73.3 Å². The number of ether oxygens (including phenoxy) is 1. The fourth-order valence-corrected chi connectivity index (χ4v) is 6.05. The van der Waals surface area contributed by atoms with E-state index in [1.165, 1.54) is 17.6 Å². The molecule has 0 atom stereocenters. The molecule has 0 radical (unpaired) electrons. The summed E-state index contributed by atoms with van der Waals surface area (Å²) in [7, 11) is 0. The normalized spacial score (nSPS) is 13.5. The molecule has 0 saturated heterocycles.